The highest BCUT2D eigenvalue weighted by Gasteiger charge is 2.35. The van der Waals surface area contributed by atoms with Crippen molar-refractivity contribution in [3.8, 4) is 0 Å². The summed E-state index contributed by atoms with van der Waals surface area (Å²) in [4.78, 5) is 13.5. The van der Waals surface area contributed by atoms with Crippen LogP contribution in [-0.4, -0.2) is 25.4 Å². The summed E-state index contributed by atoms with van der Waals surface area (Å²) in [5.74, 6) is 1.13. The van der Waals surface area contributed by atoms with Gasteiger partial charge in [-0.25, -0.2) is 0 Å². The normalized spacial score (nSPS) is 33.3. The van der Waals surface area contributed by atoms with Gasteiger partial charge >= 0.3 is 0 Å². The Bertz CT molecular complexity index is 406. The molecule has 1 unspecified atom stereocenters. The van der Waals surface area contributed by atoms with Crippen molar-refractivity contribution in [3.05, 3.63) is 29.7 Å². The van der Waals surface area contributed by atoms with E-state index in [0.29, 0.717) is 0 Å². The summed E-state index contributed by atoms with van der Waals surface area (Å²) in [6.45, 7) is 5.00. The summed E-state index contributed by atoms with van der Waals surface area (Å²) in [6.07, 6.45) is 3.51. The number of quaternary nitrogens is 1. The zero-order valence-electron chi connectivity index (χ0n) is 9.99. The Morgan fingerprint density at radius 3 is 2.88 bits per heavy atom. The smallest absolute Gasteiger partial charge is 0.173 e. The number of likely N-dealkylation sites (N-methyl/N-ethyl adjacent to an activating group) is 1. The van der Waals surface area contributed by atoms with Crippen LogP contribution in [0.2, 0.25) is 0 Å². The first-order valence-electron chi connectivity index (χ1n) is 5.71. The first-order valence-corrected chi connectivity index (χ1v) is 5.71. The van der Waals surface area contributed by atoms with E-state index in [2.05, 4.69) is 14.0 Å². The number of ketones is 1. The maximum atomic E-state index is 12.1. The first kappa shape index (κ1) is 11.1. The van der Waals surface area contributed by atoms with Crippen LogP contribution < -0.4 is 4.90 Å². The molecule has 3 nitrogen and oxygen atoms in total. The van der Waals surface area contributed by atoms with Crippen molar-refractivity contribution in [2.45, 2.75) is 19.9 Å². The van der Waals surface area contributed by atoms with Crippen molar-refractivity contribution in [2.24, 2.45) is 5.92 Å². The molecule has 86 valence electrons. The molecule has 1 saturated heterocycles. The second-order valence-corrected chi connectivity index (χ2v) is 4.65. The minimum absolute atomic E-state index is 0.109. The van der Waals surface area contributed by atoms with Crippen molar-refractivity contribution in [1.29, 1.82) is 0 Å². The second kappa shape index (κ2) is 4.26. The third kappa shape index (κ3) is 1.95. The monoisotopic (exact) mass is 220 g/mol. The molecular formula is C13H18NO2+. The van der Waals surface area contributed by atoms with E-state index in [1.165, 1.54) is 4.90 Å². The molecule has 0 bridgehead atoms. The number of carbonyl (C=O) groups excluding carboxylic acids is 1. The van der Waals surface area contributed by atoms with E-state index < -0.39 is 0 Å². The van der Waals surface area contributed by atoms with E-state index in [4.69, 9.17) is 4.42 Å². The highest BCUT2D eigenvalue weighted by molar-refractivity contribution is 6.02. The number of Topliss-reactive ketones (excluding diaryl/α,β-unsaturated/α-hetero) is 1. The predicted molar refractivity (Wildman–Crippen MR) is 62.1 cm³/mol. The van der Waals surface area contributed by atoms with E-state index in [9.17, 15) is 4.79 Å². The average molecular weight is 220 g/mol. The Kier molecular flexibility index (Phi) is 2.97. The van der Waals surface area contributed by atoms with Crippen LogP contribution in [0.1, 0.15) is 19.6 Å². The maximum Gasteiger partial charge on any atom is 0.173 e. The maximum absolute atomic E-state index is 12.1. The molecule has 1 aromatic heterocycles. The highest BCUT2D eigenvalue weighted by atomic mass is 16.3. The number of rotatable bonds is 1. The van der Waals surface area contributed by atoms with E-state index in [-0.39, 0.29) is 17.7 Å². The molecule has 0 saturated carbocycles. The second-order valence-electron chi connectivity index (χ2n) is 4.65. The minimum atomic E-state index is 0.109. The molecule has 0 amide bonds. The molecular weight excluding hydrogens is 202 g/mol. The summed E-state index contributed by atoms with van der Waals surface area (Å²) in [6, 6.07) is 3.96. The number of likely N-dealkylation sites (tertiary alicyclic amines) is 1. The Morgan fingerprint density at radius 1 is 1.50 bits per heavy atom. The standard InChI is InChI=1S/C13H17NO2/c1-9-8-14(3)10(2)12(13(9)15)7-11-5-4-6-16-11/h4-7,9-10H,8H2,1-3H3/p+1/b12-7-/t9-,10-/m1/s1. The zero-order chi connectivity index (χ0) is 11.7. The van der Waals surface area contributed by atoms with Gasteiger partial charge in [0.05, 0.1) is 31.3 Å². The van der Waals surface area contributed by atoms with E-state index in [1.807, 2.05) is 25.1 Å². The highest BCUT2D eigenvalue weighted by Crippen LogP contribution is 2.17. The lowest BCUT2D eigenvalue weighted by Gasteiger charge is -2.31. The van der Waals surface area contributed by atoms with Gasteiger partial charge in [-0.2, -0.15) is 0 Å². The van der Waals surface area contributed by atoms with Crippen molar-refractivity contribution in [1.82, 2.24) is 0 Å². The van der Waals surface area contributed by atoms with E-state index >= 15 is 0 Å². The summed E-state index contributed by atoms with van der Waals surface area (Å²) in [7, 11) is 2.13. The van der Waals surface area contributed by atoms with Crippen LogP contribution >= 0.6 is 0 Å². The molecule has 1 N–H and O–H groups in total. The van der Waals surface area contributed by atoms with Gasteiger partial charge in [0, 0.05) is 0 Å². The molecule has 1 fully saturated rings. The fourth-order valence-electron chi connectivity index (χ4n) is 2.24. The summed E-state index contributed by atoms with van der Waals surface area (Å²) in [5.41, 5.74) is 0.881. The third-order valence-corrected chi connectivity index (χ3v) is 3.41. The van der Waals surface area contributed by atoms with Crippen LogP contribution in [0.3, 0.4) is 0 Å². The van der Waals surface area contributed by atoms with Crippen LogP contribution in [0.15, 0.2) is 28.4 Å². The lowest BCUT2D eigenvalue weighted by Crippen LogP contribution is -3.14. The van der Waals surface area contributed by atoms with Gasteiger partial charge < -0.3 is 9.32 Å². The summed E-state index contributed by atoms with van der Waals surface area (Å²) in [5, 5.41) is 0. The Morgan fingerprint density at radius 2 is 2.25 bits per heavy atom. The molecule has 0 aromatic carbocycles. The van der Waals surface area contributed by atoms with Gasteiger partial charge in [0.15, 0.2) is 5.78 Å². The molecule has 1 aliphatic heterocycles. The zero-order valence-corrected chi connectivity index (χ0v) is 9.99. The summed E-state index contributed by atoms with van der Waals surface area (Å²) < 4.78 is 5.27. The number of hydrogen-bond donors (Lipinski definition) is 1. The van der Waals surface area contributed by atoms with Crippen molar-refractivity contribution in [3.63, 3.8) is 0 Å². The number of nitrogens with one attached hydrogen (secondary N) is 1. The lowest BCUT2D eigenvalue weighted by molar-refractivity contribution is -0.902. The number of furan rings is 1. The van der Waals surface area contributed by atoms with Crippen LogP contribution in [0.25, 0.3) is 6.08 Å². The average Bonchev–Trinajstić information content (AvgIpc) is 2.74. The molecule has 1 aliphatic rings. The van der Waals surface area contributed by atoms with Gasteiger partial charge in [-0.3, -0.25) is 4.79 Å². The van der Waals surface area contributed by atoms with Crippen molar-refractivity contribution >= 4 is 11.9 Å². The van der Waals surface area contributed by atoms with E-state index in [1.54, 1.807) is 6.26 Å². The molecule has 0 spiro atoms. The predicted octanol–water partition coefficient (Wildman–Crippen LogP) is 0.785. The van der Waals surface area contributed by atoms with Crippen molar-refractivity contribution in [2.75, 3.05) is 13.6 Å². The SMILES string of the molecule is C[C@@H]1C[NH+](C)[C@H](C)/C(=C/c2ccco2)C1=O. The number of hydrogen-bond acceptors (Lipinski definition) is 2. The first-order chi connectivity index (χ1) is 7.59. The van der Waals surface area contributed by atoms with Gasteiger partial charge in [0.2, 0.25) is 0 Å². The molecule has 16 heavy (non-hydrogen) atoms. The molecule has 3 heteroatoms. The van der Waals surface area contributed by atoms with Gasteiger partial charge in [-0.15, -0.1) is 0 Å². The molecule has 1 aromatic rings. The van der Waals surface area contributed by atoms with Crippen molar-refractivity contribution < 1.29 is 14.1 Å². The molecule has 2 heterocycles. The largest absolute Gasteiger partial charge is 0.465 e. The third-order valence-electron chi connectivity index (χ3n) is 3.41. The fraction of sp³-hybridized carbons (Fsp3) is 0.462. The molecule has 0 radical (unpaired) electrons. The van der Waals surface area contributed by atoms with Crippen LogP contribution in [-0.2, 0) is 4.79 Å². The molecule has 3 atom stereocenters. The topological polar surface area (TPSA) is 34.7 Å². The molecule has 0 aliphatic carbocycles. The van der Waals surface area contributed by atoms with Crippen LogP contribution in [0.5, 0.6) is 0 Å². The molecule has 2 rings (SSSR count). The Hall–Kier alpha value is -1.35. The Balaban J connectivity index is 2.33. The lowest BCUT2D eigenvalue weighted by atomic mass is 9.88. The van der Waals surface area contributed by atoms with Crippen LogP contribution in [0.4, 0.5) is 0 Å². The Labute approximate surface area is 95.7 Å². The van der Waals surface area contributed by atoms with Gasteiger partial charge in [0.25, 0.3) is 0 Å². The van der Waals surface area contributed by atoms with Gasteiger partial charge in [-0.05, 0) is 32.1 Å². The van der Waals surface area contributed by atoms with E-state index in [0.717, 1.165) is 17.9 Å². The minimum Gasteiger partial charge on any atom is -0.465 e. The quantitative estimate of drug-likeness (QED) is 0.710. The van der Waals surface area contributed by atoms with Crippen LogP contribution in [0, 0.1) is 5.92 Å². The number of carbonyl (C=O) groups is 1. The number of piperidine rings is 1. The summed E-state index contributed by atoms with van der Waals surface area (Å²) >= 11 is 0. The van der Waals surface area contributed by atoms with Gasteiger partial charge in [-0.1, -0.05) is 0 Å². The van der Waals surface area contributed by atoms with Gasteiger partial charge in [0.1, 0.15) is 11.8 Å². The fourth-order valence-corrected chi connectivity index (χ4v) is 2.24.